The Balaban J connectivity index is 0.000000293. The van der Waals surface area contributed by atoms with E-state index in [1.54, 1.807) is 4.52 Å². The third kappa shape index (κ3) is 2.78. The highest BCUT2D eigenvalue weighted by molar-refractivity contribution is 7.24. The molecule has 0 aliphatic rings. The maximum atomic E-state index is 4.38. The Bertz CT molecular complexity index is 384. The molecule has 0 spiro atoms. The molecule has 0 aliphatic carbocycles. The van der Waals surface area contributed by atoms with E-state index in [4.69, 9.17) is 0 Å². The summed E-state index contributed by atoms with van der Waals surface area (Å²) in [4.78, 5) is 8.52. The summed E-state index contributed by atoms with van der Waals surface area (Å²) in [5, 5.41) is 0. The molecule has 0 unspecified atom stereocenters. The van der Waals surface area contributed by atoms with Gasteiger partial charge in [0.05, 0.1) is 8.35 Å². The lowest BCUT2D eigenvalue weighted by Gasteiger charge is -1.94. The van der Waals surface area contributed by atoms with Crippen molar-refractivity contribution >= 4 is 14.0 Å². The van der Waals surface area contributed by atoms with Crippen molar-refractivity contribution in [3.05, 3.63) is 23.8 Å². The highest BCUT2D eigenvalue weighted by Crippen LogP contribution is 2.07. The van der Waals surface area contributed by atoms with Gasteiger partial charge in [0.15, 0.2) is 5.65 Å². The van der Waals surface area contributed by atoms with Gasteiger partial charge in [-0.3, -0.25) is 0 Å². The van der Waals surface area contributed by atoms with Gasteiger partial charge in [-0.15, -0.1) is 4.86 Å². The summed E-state index contributed by atoms with van der Waals surface area (Å²) < 4.78 is 1.81. The van der Waals surface area contributed by atoms with E-state index in [1.165, 1.54) is 6.42 Å². The first-order valence-corrected chi connectivity index (χ1v) is 5.89. The second kappa shape index (κ2) is 5.71. The minimum absolute atomic E-state index is 0.964. The maximum absolute atomic E-state index is 4.38. The molecular formula is C10H16N3P. The van der Waals surface area contributed by atoms with Crippen molar-refractivity contribution in [3.8, 4) is 0 Å². The summed E-state index contributed by atoms with van der Waals surface area (Å²) in [5.74, 6) is 2.00. The van der Waals surface area contributed by atoms with Crippen LogP contribution in [0.1, 0.15) is 32.9 Å². The molecule has 2 rings (SSSR count). The number of hydrogen-bond donors (Lipinski definition) is 0. The zero-order chi connectivity index (χ0) is 10.4. The van der Waals surface area contributed by atoms with Gasteiger partial charge in [-0.05, 0) is 12.5 Å². The summed E-state index contributed by atoms with van der Waals surface area (Å²) in [6, 6.07) is 2.00. The van der Waals surface area contributed by atoms with E-state index in [-0.39, 0.29) is 0 Å². The molecule has 0 fully saturated rings. The van der Waals surface area contributed by atoms with Gasteiger partial charge >= 0.3 is 0 Å². The van der Waals surface area contributed by atoms with Crippen LogP contribution in [0.4, 0.5) is 0 Å². The summed E-state index contributed by atoms with van der Waals surface area (Å²) >= 11 is 0. The van der Waals surface area contributed by atoms with Crippen LogP contribution in [-0.2, 0) is 6.42 Å². The average molecular weight is 209 g/mol. The van der Waals surface area contributed by atoms with Crippen LogP contribution in [0.3, 0.4) is 0 Å². The van der Waals surface area contributed by atoms with Gasteiger partial charge in [0.2, 0.25) is 0 Å². The van der Waals surface area contributed by atoms with Gasteiger partial charge in [0.25, 0.3) is 0 Å². The van der Waals surface area contributed by atoms with Crippen LogP contribution < -0.4 is 0 Å². The van der Waals surface area contributed by atoms with Crippen LogP contribution in [0.15, 0.2) is 18.1 Å². The molecule has 0 N–H and O–H groups in total. The van der Waals surface area contributed by atoms with E-state index >= 15 is 0 Å². The number of hydrogen-bond acceptors (Lipinski definition) is 2. The molecule has 0 atom stereocenters. The second-order valence-electron chi connectivity index (χ2n) is 3.02. The van der Waals surface area contributed by atoms with Crippen LogP contribution in [0.2, 0.25) is 0 Å². The molecular weight excluding hydrogens is 193 g/mol. The molecule has 2 heterocycles. The minimum atomic E-state index is 0.964. The van der Waals surface area contributed by atoms with Gasteiger partial charge < -0.3 is 0 Å². The van der Waals surface area contributed by atoms with Gasteiger partial charge in [-0.1, -0.05) is 27.2 Å². The highest BCUT2D eigenvalue weighted by atomic mass is 31.0. The molecule has 14 heavy (non-hydrogen) atoms. The monoisotopic (exact) mass is 209 g/mol. The van der Waals surface area contributed by atoms with Crippen LogP contribution in [0, 0.1) is 0 Å². The Morgan fingerprint density at radius 3 is 2.71 bits per heavy atom. The van der Waals surface area contributed by atoms with Crippen LogP contribution in [0.5, 0.6) is 0 Å². The third-order valence-electron chi connectivity index (χ3n) is 1.58. The first kappa shape index (κ1) is 11.1. The first-order valence-electron chi connectivity index (χ1n) is 4.97. The molecule has 76 valence electrons. The second-order valence-corrected chi connectivity index (χ2v) is 3.68. The fourth-order valence-corrected chi connectivity index (χ4v) is 1.56. The molecule has 0 saturated heterocycles. The van der Waals surface area contributed by atoms with Crippen molar-refractivity contribution in [2.75, 3.05) is 0 Å². The summed E-state index contributed by atoms with van der Waals surface area (Å²) in [5.41, 5.74) is 2.09. The predicted octanol–water partition coefficient (Wildman–Crippen LogP) is 3.29. The standard InChI is InChI=1S/C7H8N3P.C3H8/c1-2-6-3-4-10-7(8-6)5-11-9-10;1-3-2/h3-5H,2H2,1H3;3H2,1-2H3. The van der Waals surface area contributed by atoms with Crippen molar-refractivity contribution in [2.24, 2.45) is 0 Å². The van der Waals surface area contributed by atoms with Crippen molar-refractivity contribution < 1.29 is 0 Å². The largest absolute Gasteiger partial charge is 0.233 e. The van der Waals surface area contributed by atoms with Crippen molar-refractivity contribution in [1.82, 2.24) is 14.4 Å². The number of aryl methyl sites for hydroxylation is 1. The Kier molecular flexibility index (Phi) is 4.54. The van der Waals surface area contributed by atoms with Crippen LogP contribution in [0.25, 0.3) is 5.65 Å². The van der Waals surface area contributed by atoms with E-state index in [2.05, 4.69) is 30.6 Å². The lowest BCUT2D eigenvalue weighted by molar-refractivity contribution is 0.938. The van der Waals surface area contributed by atoms with Gasteiger partial charge in [0.1, 0.15) is 0 Å². The zero-order valence-electron chi connectivity index (χ0n) is 8.94. The van der Waals surface area contributed by atoms with E-state index in [1.807, 2.05) is 18.1 Å². The number of fused-ring (bicyclic) bond motifs is 1. The van der Waals surface area contributed by atoms with E-state index in [0.717, 1.165) is 26.1 Å². The first-order chi connectivity index (χ1) is 6.81. The Morgan fingerprint density at radius 2 is 2.07 bits per heavy atom. The molecule has 0 radical (unpaired) electrons. The topological polar surface area (TPSA) is 30.2 Å². The Labute approximate surface area is 86.3 Å². The molecule has 2 aromatic rings. The fourth-order valence-electron chi connectivity index (χ4n) is 0.962. The number of rotatable bonds is 1. The van der Waals surface area contributed by atoms with Crippen LogP contribution >= 0.6 is 8.35 Å². The predicted molar refractivity (Wildman–Crippen MR) is 60.8 cm³/mol. The quantitative estimate of drug-likeness (QED) is 0.721. The molecule has 0 aromatic carbocycles. The van der Waals surface area contributed by atoms with E-state index < -0.39 is 0 Å². The maximum Gasteiger partial charge on any atom is 0.160 e. The molecule has 0 saturated carbocycles. The summed E-state index contributed by atoms with van der Waals surface area (Å²) in [6.07, 6.45) is 4.19. The lowest BCUT2D eigenvalue weighted by atomic mass is 10.3. The molecule has 3 nitrogen and oxygen atoms in total. The molecule has 4 heteroatoms. The zero-order valence-corrected chi connectivity index (χ0v) is 9.83. The average Bonchev–Trinajstić information content (AvgIpc) is 2.65. The molecule has 2 aromatic heterocycles. The van der Waals surface area contributed by atoms with Gasteiger partial charge in [0, 0.05) is 17.7 Å². The number of aromatic nitrogens is 3. The van der Waals surface area contributed by atoms with Gasteiger partial charge in [-0.2, -0.15) is 0 Å². The summed E-state index contributed by atoms with van der Waals surface area (Å²) in [6.45, 7) is 6.35. The van der Waals surface area contributed by atoms with E-state index in [9.17, 15) is 0 Å². The minimum Gasteiger partial charge on any atom is -0.233 e. The normalized spacial score (nSPS) is 10.2. The van der Waals surface area contributed by atoms with Crippen LogP contribution in [-0.4, -0.2) is 14.4 Å². The lowest BCUT2D eigenvalue weighted by Crippen LogP contribution is -1.92. The molecule has 0 aliphatic heterocycles. The Morgan fingerprint density at radius 1 is 1.36 bits per heavy atom. The van der Waals surface area contributed by atoms with Crippen molar-refractivity contribution in [1.29, 1.82) is 0 Å². The molecule has 0 bridgehead atoms. The SMILES string of the molecule is CCC.CCc1ccn2npcc2n1. The fraction of sp³-hybridized carbons (Fsp3) is 0.500. The van der Waals surface area contributed by atoms with Crippen molar-refractivity contribution in [3.63, 3.8) is 0 Å². The summed E-state index contributed by atoms with van der Waals surface area (Å²) in [7, 11) is 0.984. The Hall–Kier alpha value is -0.950. The van der Waals surface area contributed by atoms with E-state index in [0.29, 0.717) is 0 Å². The van der Waals surface area contributed by atoms with Gasteiger partial charge in [-0.25, -0.2) is 9.50 Å². The number of nitrogens with zero attached hydrogens (tertiary/aromatic N) is 3. The van der Waals surface area contributed by atoms with Crippen molar-refractivity contribution in [2.45, 2.75) is 33.6 Å². The molecule has 0 amide bonds. The third-order valence-corrected chi connectivity index (χ3v) is 2.23. The highest BCUT2D eigenvalue weighted by Gasteiger charge is 1.95. The smallest absolute Gasteiger partial charge is 0.160 e.